The largest absolute Gasteiger partial charge is 0.308 e. The Morgan fingerprint density at radius 3 is 2.36 bits per heavy atom. The van der Waals surface area contributed by atoms with Crippen molar-refractivity contribution in [2.75, 3.05) is 0 Å². The van der Waals surface area contributed by atoms with Gasteiger partial charge in [-0.3, -0.25) is 0 Å². The molecule has 2 nitrogen and oxygen atoms in total. The minimum atomic E-state index is 0.315. The molecule has 0 aromatic carbocycles. The second kappa shape index (κ2) is 10.3. The molecule has 0 aromatic heterocycles. The predicted octanol–water partition coefficient (Wildman–Crippen LogP) is 9.51. The van der Waals surface area contributed by atoms with Gasteiger partial charge in [-0.05, 0) is 118 Å². The molecular formula is C40H38N2. The van der Waals surface area contributed by atoms with E-state index in [9.17, 15) is 0 Å². The third kappa shape index (κ3) is 4.15. The van der Waals surface area contributed by atoms with Crippen molar-refractivity contribution in [2.45, 2.75) is 44.9 Å². The summed E-state index contributed by atoms with van der Waals surface area (Å²) in [6.07, 6.45) is 46.1. The molecule has 0 saturated heterocycles. The molecule has 2 N–H and O–H groups in total. The van der Waals surface area contributed by atoms with Crippen molar-refractivity contribution in [1.82, 2.24) is 0 Å². The van der Waals surface area contributed by atoms with Crippen LogP contribution in [0.25, 0.3) is 0 Å². The van der Waals surface area contributed by atoms with Crippen molar-refractivity contribution >= 4 is 12.4 Å². The van der Waals surface area contributed by atoms with E-state index in [2.05, 4.69) is 91.1 Å². The van der Waals surface area contributed by atoms with E-state index in [-0.39, 0.29) is 0 Å². The van der Waals surface area contributed by atoms with Crippen molar-refractivity contribution in [3.05, 3.63) is 152 Å². The van der Waals surface area contributed by atoms with Gasteiger partial charge in [0.15, 0.2) is 0 Å². The summed E-state index contributed by atoms with van der Waals surface area (Å²) in [5, 5.41) is 15.8. The zero-order valence-electron chi connectivity index (χ0n) is 24.2. The first kappa shape index (κ1) is 25.7. The summed E-state index contributed by atoms with van der Waals surface area (Å²) in [6.45, 7) is 0. The monoisotopic (exact) mass is 546 g/mol. The van der Waals surface area contributed by atoms with E-state index in [0.717, 1.165) is 49.7 Å². The van der Waals surface area contributed by atoms with Crippen molar-refractivity contribution in [2.24, 2.45) is 29.6 Å². The van der Waals surface area contributed by atoms with Crippen LogP contribution < -0.4 is 0 Å². The van der Waals surface area contributed by atoms with Gasteiger partial charge in [0.1, 0.15) is 0 Å². The van der Waals surface area contributed by atoms with Gasteiger partial charge in [-0.1, -0.05) is 91.1 Å². The Morgan fingerprint density at radius 1 is 0.690 bits per heavy atom. The molecule has 0 radical (unpaired) electrons. The van der Waals surface area contributed by atoms with E-state index in [1.165, 1.54) is 41.1 Å². The summed E-state index contributed by atoms with van der Waals surface area (Å²) in [6, 6.07) is 0. The maximum atomic E-state index is 7.96. The SMILES string of the molecule is N=CC1=CC(C2=C3C=CC4=C(C5=CC6=C(C=CCC6)CC5)CC(C5C=C(C=N)C=CC5)C5=C4C3C(C=C2)C=C5)CC=C1. The van der Waals surface area contributed by atoms with E-state index in [1.807, 2.05) is 0 Å². The minimum Gasteiger partial charge on any atom is -0.308 e. The van der Waals surface area contributed by atoms with Crippen LogP contribution in [0, 0.1) is 40.4 Å². The molecule has 5 atom stereocenters. The van der Waals surface area contributed by atoms with Crippen LogP contribution in [0.2, 0.25) is 0 Å². The first-order valence-electron chi connectivity index (χ1n) is 15.8. The van der Waals surface area contributed by atoms with E-state index in [4.69, 9.17) is 10.8 Å². The summed E-state index contributed by atoms with van der Waals surface area (Å²) in [7, 11) is 0. The molecule has 42 heavy (non-hydrogen) atoms. The lowest BCUT2D eigenvalue weighted by molar-refractivity contribution is 0.430. The first-order chi connectivity index (χ1) is 20.7. The van der Waals surface area contributed by atoms with Crippen molar-refractivity contribution in [3.63, 3.8) is 0 Å². The Kier molecular flexibility index (Phi) is 6.32. The second-order valence-corrected chi connectivity index (χ2v) is 12.9. The van der Waals surface area contributed by atoms with Crippen LogP contribution in [-0.2, 0) is 0 Å². The van der Waals surface area contributed by atoms with Crippen LogP contribution in [0.4, 0.5) is 0 Å². The average Bonchev–Trinajstić information content (AvgIpc) is 3.06. The number of rotatable bonds is 5. The maximum absolute atomic E-state index is 7.96. The molecule has 0 spiro atoms. The van der Waals surface area contributed by atoms with Crippen LogP contribution in [0.15, 0.2) is 152 Å². The molecule has 8 aliphatic carbocycles. The van der Waals surface area contributed by atoms with Gasteiger partial charge >= 0.3 is 0 Å². The van der Waals surface area contributed by atoms with Crippen molar-refractivity contribution in [3.8, 4) is 0 Å². The fourth-order valence-corrected chi connectivity index (χ4v) is 8.71. The molecule has 208 valence electrons. The van der Waals surface area contributed by atoms with E-state index in [0.29, 0.717) is 29.6 Å². The van der Waals surface area contributed by atoms with Crippen LogP contribution in [-0.4, -0.2) is 12.4 Å². The second-order valence-electron chi connectivity index (χ2n) is 12.9. The summed E-state index contributed by atoms with van der Waals surface area (Å²) in [5.41, 5.74) is 15.8. The standard InChI is InChI=1S/C40H38N2/c41-23-25-5-3-9-30(19-25)33-15-13-28-14-16-35-37(31-10-4-6-26(20-31)24-42)22-38(36-18-17-34(33)39(28)40(35)36)32-12-11-27-7-1-2-8-29(27)21-32/h1,3-7,13-21,23-24,28,30-31,37,39,41-42H,2,8-12,22H2. The van der Waals surface area contributed by atoms with E-state index < -0.39 is 0 Å². The molecule has 2 heteroatoms. The molecule has 0 amide bonds. The average molecular weight is 547 g/mol. The quantitative estimate of drug-likeness (QED) is 0.323. The minimum absolute atomic E-state index is 0.315. The fraction of sp³-hybridized carbons (Fsp3) is 0.300. The summed E-state index contributed by atoms with van der Waals surface area (Å²) in [4.78, 5) is 0. The Morgan fingerprint density at radius 2 is 1.50 bits per heavy atom. The van der Waals surface area contributed by atoms with Gasteiger partial charge in [0.2, 0.25) is 0 Å². The molecule has 0 fully saturated rings. The highest BCUT2D eigenvalue weighted by atomic mass is 14.5. The topological polar surface area (TPSA) is 47.7 Å². The number of allylic oxidation sites excluding steroid dienone is 26. The number of nitrogens with one attached hydrogen (secondary N) is 2. The summed E-state index contributed by atoms with van der Waals surface area (Å²) in [5.74, 6) is 1.87. The van der Waals surface area contributed by atoms with Crippen molar-refractivity contribution in [1.29, 1.82) is 10.8 Å². The van der Waals surface area contributed by atoms with Gasteiger partial charge in [-0.2, -0.15) is 0 Å². The van der Waals surface area contributed by atoms with Gasteiger partial charge in [0.25, 0.3) is 0 Å². The highest BCUT2D eigenvalue weighted by molar-refractivity contribution is 5.81. The first-order valence-corrected chi connectivity index (χ1v) is 15.8. The van der Waals surface area contributed by atoms with E-state index in [1.54, 1.807) is 27.9 Å². The van der Waals surface area contributed by atoms with Crippen LogP contribution >= 0.6 is 0 Å². The molecule has 8 aliphatic rings. The van der Waals surface area contributed by atoms with Gasteiger partial charge in [0, 0.05) is 30.2 Å². The van der Waals surface area contributed by atoms with Crippen LogP contribution in [0.1, 0.15) is 44.9 Å². The lowest BCUT2D eigenvalue weighted by atomic mass is 9.58. The molecular weight excluding hydrogens is 508 g/mol. The third-order valence-corrected chi connectivity index (χ3v) is 10.7. The fourth-order valence-electron chi connectivity index (χ4n) is 8.71. The van der Waals surface area contributed by atoms with Gasteiger partial charge in [-0.25, -0.2) is 0 Å². The Labute approximate surface area is 249 Å². The zero-order chi connectivity index (χ0) is 28.2. The highest BCUT2D eigenvalue weighted by Crippen LogP contribution is 2.56. The van der Waals surface area contributed by atoms with Gasteiger partial charge in [-0.15, -0.1) is 0 Å². The Balaban J connectivity index is 1.30. The Hall–Kier alpha value is -4.04. The maximum Gasteiger partial charge on any atom is 0.0247 e. The Bertz CT molecular complexity index is 1690. The summed E-state index contributed by atoms with van der Waals surface area (Å²) < 4.78 is 0. The smallest absolute Gasteiger partial charge is 0.0247 e. The summed E-state index contributed by atoms with van der Waals surface area (Å²) >= 11 is 0. The van der Waals surface area contributed by atoms with Crippen molar-refractivity contribution < 1.29 is 0 Å². The lowest BCUT2D eigenvalue weighted by Gasteiger charge is -2.45. The third-order valence-electron chi connectivity index (χ3n) is 10.7. The predicted molar refractivity (Wildman–Crippen MR) is 175 cm³/mol. The lowest BCUT2D eigenvalue weighted by Crippen LogP contribution is -2.33. The number of hydrogen-bond acceptors (Lipinski definition) is 2. The number of hydrogen-bond donors (Lipinski definition) is 2. The molecule has 0 heterocycles. The molecule has 0 aromatic rings. The zero-order valence-corrected chi connectivity index (χ0v) is 24.2. The molecule has 8 rings (SSSR count). The molecule has 5 unspecified atom stereocenters. The van der Waals surface area contributed by atoms with E-state index >= 15 is 0 Å². The van der Waals surface area contributed by atoms with Gasteiger partial charge < -0.3 is 10.8 Å². The van der Waals surface area contributed by atoms with Crippen LogP contribution in [0.3, 0.4) is 0 Å². The normalized spacial score (nSPS) is 32.5. The highest BCUT2D eigenvalue weighted by Gasteiger charge is 2.43. The van der Waals surface area contributed by atoms with Gasteiger partial charge in [0.05, 0.1) is 0 Å². The molecule has 0 bridgehead atoms. The van der Waals surface area contributed by atoms with Crippen LogP contribution in [0.5, 0.6) is 0 Å². The molecule has 0 saturated carbocycles. The molecule has 0 aliphatic heterocycles.